The zero-order valence-electron chi connectivity index (χ0n) is 11.5. The molecule has 1 aromatic rings. The number of rotatable bonds is 4. The molecule has 0 amide bonds. The van der Waals surface area contributed by atoms with Gasteiger partial charge in [-0.1, -0.05) is 0 Å². The molecule has 0 bridgehead atoms. The first-order valence-electron chi connectivity index (χ1n) is 6.39. The lowest BCUT2D eigenvalue weighted by atomic mass is 10.2. The third-order valence-corrected chi connectivity index (χ3v) is 4.96. The van der Waals surface area contributed by atoms with Crippen LogP contribution in [0.4, 0.5) is 11.6 Å². The molecule has 0 radical (unpaired) electrons. The van der Waals surface area contributed by atoms with Gasteiger partial charge in [-0.2, -0.15) is 0 Å². The van der Waals surface area contributed by atoms with Crippen molar-refractivity contribution in [2.24, 2.45) is 0 Å². The Labute approximate surface area is 114 Å². The quantitative estimate of drug-likeness (QED) is 0.886. The molecule has 0 saturated carbocycles. The van der Waals surface area contributed by atoms with Crippen molar-refractivity contribution in [3.8, 4) is 0 Å². The molecule has 106 valence electrons. The van der Waals surface area contributed by atoms with Crippen LogP contribution in [0.1, 0.15) is 20.3 Å². The van der Waals surface area contributed by atoms with E-state index in [2.05, 4.69) is 15.3 Å². The molecule has 6 nitrogen and oxygen atoms in total. The zero-order chi connectivity index (χ0) is 14.0. The van der Waals surface area contributed by atoms with Crippen LogP contribution in [0.3, 0.4) is 0 Å². The van der Waals surface area contributed by atoms with Crippen LogP contribution in [0.15, 0.2) is 12.4 Å². The largest absolute Gasteiger partial charge is 0.368 e. The SMILES string of the molecule is CC(C)Nc1cc(N(C)C2CCS(=O)(=O)C2)ncn1. The Bertz CT molecular complexity index is 544. The molecule has 19 heavy (non-hydrogen) atoms. The molecule has 1 fully saturated rings. The van der Waals surface area contributed by atoms with Gasteiger partial charge in [-0.3, -0.25) is 0 Å². The average Bonchev–Trinajstić information content (AvgIpc) is 2.68. The van der Waals surface area contributed by atoms with Crippen molar-refractivity contribution in [2.75, 3.05) is 28.8 Å². The lowest BCUT2D eigenvalue weighted by Crippen LogP contribution is -2.33. The maximum absolute atomic E-state index is 11.5. The van der Waals surface area contributed by atoms with Gasteiger partial charge in [0.1, 0.15) is 18.0 Å². The summed E-state index contributed by atoms with van der Waals surface area (Å²) in [5.41, 5.74) is 0. The van der Waals surface area contributed by atoms with E-state index in [1.165, 1.54) is 6.33 Å². The molecule has 7 heteroatoms. The van der Waals surface area contributed by atoms with E-state index in [0.717, 1.165) is 11.6 Å². The Morgan fingerprint density at radius 3 is 2.74 bits per heavy atom. The number of nitrogens with one attached hydrogen (secondary N) is 1. The summed E-state index contributed by atoms with van der Waals surface area (Å²) >= 11 is 0. The van der Waals surface area contributed by atoms with Crippen LogP contribution < -0.4 is 10.2 Å². The molecule has 2 heterocycles. The highest BCUT2D eigenvalue weighted by molar-refractivity contribution is 7.91. The van der Waals surface area contributed by atoms with Crippen LogP contribution in [0.5, 0.6) is 0 Å². The van der Waals surface area contributed by atoms with Crippen LogP contribution in [-0.4, -0.2) is 49.0 Å². The fraction of sp³-hybridized carbons (Fsp3) is 0.667. The van der Waals surface area contributed by atoms with Gasteiger partial charge >= 0.3 is 0 Å². The number of aromatic nitrogens is 2. The Hall–Kier alpha value is -1.37. The second-order valence-electron chi connectivity index (χ2n) is 5.23. The fourth-order valence-corrected chi connectivity index (χ4v) is 3.96. The zero-order valence-corrected chi connectivity index (χ0v) is 12.3. The van der Waals surface area contributed by atoms with E-state index in [-0.39, 0.29) is 17.5 Å². The summed E-state index contributed by atoms with van der Waals surface area (Å²) in [6.07, 6.45) is 2.16. The van der Waals surface area contributed by atoms with E-state index in [9.17, 15) is 8.42 Å². The van der Waals surface area contributed by atoms with Gasteiger partial charge in [-0.25, -0.2) is 18.4 Å². The van der Waals surface area contributed by atoms with Gasteiger partial charge in [-0.15, -0.1) is 0 Å². The first-order valence-corrected chi connectivity index (χ1v) is 8.21. The second-order valence-corrected chi connectivity index (χ2v) is 7.46. The highest BCUT2D eigenvalue weighted by atomic mass is 32.2. The fourth-order valence-electron chi connectivity index (χ4n) is 2.18. The van der Waals surface area contributed by atoms with E-state index in [1.807, 2.05) is 31.9 Å². The molecule has 1 N–H and O–H groups in total. The van der Waals surface area contributed by atoms with Crippen LogP contribution in [0, 0.1) is 0 Å². The topological polar surface area (TPSA) is 75.2 Å². The molecule has 2 rings (SSSR count). The molecular formula is C12H20N4O2S. The lowest BCUT2D eigenvalue weighted by Gasteiger charge is -2.24. The summed E-state index contributed by atoms with van der Waals surface area (Å²) in [5.74, 6) is 1.98. The van der Waals surface area contributed by atoms with Gasteiger partial charge in [0.15, 0.2) is 9.84 Å². The number of sulfone groups is 1. The van der Waals surface area contributed by atoms with E-state index in [4.69, 9.17) is 0 Å². The van der Waals surface area contributed by atoms with E-state index in [1.54, 1.807) is 0 Å². The first kappa shape index (κ1) is 14.0. The van der Waals surface area contributed by atoms with Gasteiger partial charge in [0.05, 0.1) is 11.5 Å². The summed E-state index contributed by atoms with van der Waals surface area (Å²) in [6, 6.07) is 2.15. The van der Waals surface area contributed by atoms with Crippen LogP contribution in [0.2, 0.25) is 0 Å². The first-order chi connectivity index (χ1) is 8.87. The predicted molar refractivity (Wildman–Crippen MR) is 76.3 cm³/mol. The minimum Gasteiger partial charge on any atom is -0.368 e. The number of nitrogens with zero attached hydrogens (tertiary/aromatic N) is 3. The molecule has 1 unspecified atom stereocenters. The molecule has 0 aliphatic carbocycles. The minimum absolute atomic E-state index is 0.00630. The number of anilines is 2. The van der Waals surface area contributed by atoms with Gasteiger partial charge in [0, 0.05) is 25.2 Å². The van der Waals surface area contributed by atoms with Crippen molar-refractivity contribution in [1.29, 1.82) is 0 Å². The van der Waals surface area contributed by atoms with Crippen LogP contribution in [0.25, 0.3) is 0 Å². The maximum atomic E-state index is 11.5. The number of hydrogen-bond donors (Lipinski definition) is 1. The van der Waals surface area contributed by atoms with Crippen molar-refractivity contribution in [3.05, 3.63) is 12.4 Å². The second kappa shape index (κ2) is 5.32. The number of hydrogen-bond acceptors (Lipinski definition) is 6. The Kier molecular flexibility index (Phi) is 3.93. The predicted octanol–water partition coefficient (Wildman–Crippen LogP) is 0.920. The standard InChI is InChI=1S/C12H20N4O2S/c1-9(2)15-11-6-12(14-8-13-11)16(3)10-4-5-19(17,18)7-10/h6,8-10H,4-5,7H2,1-3H3,(H,13,14,15). The third-order valence-electron chi connectivity index (χ3n) is 3.21. The Morgan fingerprint density at radius 2 is 2.16 bits per heavy atom. The summed E-state index contributed by atoms with van der Waals surface area (Å²) in [5, 5.41) is 3.21. The van der Waals surface area contributed by atoms with Gasteiger partial charge in [0.2, 0.25) is 0 Å². The van der Waals surface area contributed by atoms with E-state index in [0.29, 0.717) is 12.5 Å². The Morgan fingerprint density at radius 1 is 1.42 bits per heavy atom. The molecule has 1 aliphatic rings. The van der Waals surface area contributed by atoms with E-state index < -0.39 is 9.84 Å². The highest BCUT2D eigenvalue weighted by Crippen LogP contribution is 2.22. The molecule has 0 spiro atoms. The highest BCUT2D eigenvalue weighted by Gasteiger charge is 2.31. The van der Waals surface area contributed by atoms with Crippen molar-refractivity contribution in [1.82, 2.24) is 9.97 Å². The normalized spacial score (nSPS) is 21.6. The molecule has 1 aromatic heterocycles. The monoisotopic (exact) mass is 284 g/mol. The van der Waals surface area contributed by atoms with E-state index >= 15 is 0 Å². The Balaban J connectivity index is 2.13. The summed E-state index contributed by atoms with van der Waals surface area (Å²) in [4.78, 5) is 10.3. The van der Waals surface area contributed by atoms with Gasteiger partial charge < -0.3 is 10.2 Å². The molecular weight excluding hydrogens is 264 g/mol. The average molecular weight is 284 g/mol. The minimum atomic E-state index is -2.88. The van der Waals surface area contributed by atoms with Crippen molar-refractivity contribution >= 4 is 21.5 Å². The molecule has 0 aromatic carbocycles. The third kappa shape index (κ3) is 3.56. The molecule has 1 saturated heterocycles. The van der Waals surface area contributed by atoms with Crippen molar-refractivity contribution in [2.45, 2.75) is 32.4 Å². The maximum Gasteiger partial charge on any atom is 0.152 e. The summed E-state index contributed by atoms with van der Waals surface area (Å²) in [7, 11) is -0.996. The van der Waals surface area contributed by atoms with Crippen LogP contribution >= 0.6 is 0 Å². The molecule has 1 aliphatic heterocycles. The van der Waals surface area contributed by atoms with Crippen LogP contribution in [-0.2, 0) is 9.84 Å². The summed E-state index contributed by atoms with van der Waals surface area (Å²) < 4.78 is 23.0. The lowest BCUT2D eigenvalue weighted by molar-refractivity contribution is 0.600. The smallest absolute Gasteiger partial charge is 0.152 e. The van der Waals surface area contributed by atoms with Crippen molar-refractivity contribution < 1.29 is 8.42 Å². The van der Waals surface area contributed by atoms with Crippen molar-refractivity contribution in [3.63, 3.8) is 0 Å². The van der Waals surface area contributed by atoms with Gasteiger partial charge in [0.25, 0.3) is 0 Å². The molecule has 1 atom stereocenters. The van der Waals surface area contributed by atoms with Gasteiger partial charge in [-0.05, 0) is 20.3 Å². The summed E-state index contributed by atoms with van der Waals surface area (Å²) in [6.45, 7) is 4.07.